The van der Waals surface area contributed by atoms with E-state index in [1.54, 1.807) is 12.1 Å². The van der Waals surface area contributed by atoms with E-state index in [1.807, 2.05) is 6.92 Å². The van der Waals surface area contributed by atoms with Crippen LogP contribution in [0.25, 0.3) is 0 Å². The van der Waals surface area contributed by atoms with Crippen LogP contribution >= 0.6 is 11.6 Å². The zero-order chi connectivity index (χ0) is 14.4. The molecule has 0 saturated carbocycles. The molecule has 0 aliphatic rings. The molecule has 1 aromatic rings. The number of nitrogen functional groups attached to an aromatic ring is 1. The lowest BCUT2D eigenvalue weighted by Gasteiger charge is -2.14. The van der Waals surface area contributed by atoms with E-state index in [-0.39, 0.29) is 22.2 Å². The van der Waals surface area contributed by atoms with Crippen molar-refractivity contribution >= 4 is 29.2 Å². The number of hydrogen-bond donors (Lipinski definition) is 2. The molecule has 0 aliphatic carbocycles. The zero-order valence-electron chi connectivity index (χ0n) is 10.9. The molecule has 1 unspecified atom stereocenters. The van der Waals surface area contributed by atoms with Gasteiger partial charge in [0.25, 0.3) is 5.91 Å². The third-order valence-corrected chi connectivity index (χ3v) is 2.80. The lowest BCUT2D eigenvalue weighted by molar-refractivity contribution is -0.129. The number of amides is 1. The number of anilines is 1. The van der Waals surface area contributed by atoms with Gasteiger partial charge in [-0.2, -0.15) is 0 Å². The number of benzene rings is 1. The van der Waals surface area contributed by atoms with Crippen molar-refractivity contribution in [2.24, 2.45) is 0 Å². The van der Waals surface area contributed by atoms with Crippen LogP contribution in [-0.4, -0.2) is 24.5 Å². The standard InChI is InChI=1S/C13H17ClN2O3/c1-3-7-16-12(17)8(2)19-13(18)9-5-4-6-10(14)11(9)15/h4-6,8H,3,7,15H2,1-2H3,(H,16,17). The van der Waals surface area contributed by atoms with Crippen molar-refractivity contribution in [3.05, 3.63) is 28.8 Å². The van der Waals surface area contributed by atoms with Gasteiger partial charge < -0.3 is 15.8 Å². The number of esters is 1. The van der Waals surface area contributed by atoms with E-state index in [4.69, 9.17) is 22.1 Å². The minimum Gasteiger partial charge on any atom is -0.449 e. The highest BCUT2D eigenvalue weighted by Crippen LogP contribution is 2.23. The molecule has 6 heteroatoms. The Bertz CT molecular complexity index is 477. The average molecular weight is 285 g/mol. The third kappa shape index (κ3) is 4.13. The molecule has 0 aliphatic heterocycles. The van der Waals surface area contributed by atoms with Crippen LogP contribution < -0.4 is 11.1 Å². The van der Waals surface area contributed by atoms with Gasteiger partial charge in [0.15, 0.2) is 6.10 Å². The van der Waals surface area contributed by atoms with Gasteiger partial charge >= 0.3 is 5.97 Å². The molecule has 104 valence electrons. The van der Waals surface area contributed by atoms with Crippen molar-refractivity contribution in [1.29, 1.82) is 0 Å². The number of ether oxygens (including phenoxy) is 1. The number of carbonyl (C=O) groups excluding carboxylic acids is 2. The molecule has 0 spiro atoms. The molecule has 1 atom stereocenters. The quantitative estimate of drug-likeness (QED) is 0.640. The Kier molecular flexibility index (Phi) is 5.63. The van der Waals surface area contributed by atoms with Crippen molar-refractivity contribution in [3.63, 3.8) is 0 Å². The molecule has 0 aromatic heterocycles. The summed E-state index contributed by atoms with van der Waals surface area (Å²) >= 11 is 5.81. The summed E-state index contributed by atoms with van der Waals surface area (Å²) in [6.07, 6.45) is -0.0642. The fraction of sp³-hybridized carbons (Fsp3) is 0.385. The Morgan fingerprint density at radius 1 is 1.47 bits per heavy atom. The molecule has 19 heavy (non-hydrogen) atoms. The van der Waals surface area contributed by atoms with Crippen LogP contribution in [0.15, 0.2) is 18.2 Å². The summed E-state index contributed by atoms with van der Waals surface area (Å²) in [6.45, 7) is 3.98. The molecule has 0 saturated heterocycles. The highest BCUT2D eigenvalue weighted by atomic mass is 35.5. The van der Waals surface area contributed by atoms with E-state index >= 15 is 0 Å². The molecule has 0 bridgehead atoms. The molecule has 0 fully saturated rings. The second-order valence-electron chi connectivity index (χ2n) is 4.04. The summed E-state index contributed by atoms with van der Waals surface area (Å²) in [5, 5.41) is 2.92. The normalized spacial score (nSPS) is 11.7. The van der Waals surface area contributed by atoms with E-state index in [1.165, 1.54) is 13.0 Å². The van der Waals surface area contributed by atoms with Gasteiger partial charge in [0, 0.05) is 6.54 Å². The molecular formula is C13H17ClN2O3. The Balaban J connectivity index is 2.69. The van der Waals surface area contributed by atoms with Gasteiger partial charge in [-0.3, -0.25) is 4.79 Å². The number of nitrogens with one attached hydrogen (secondary N) is 1. The summed E-state index contributed by atoms with van der Waals surface area (Å²) in [7, 11) is 0. The summed E-state index contributed by atoms with van der Waals surface area (Å²) in [4.78, 5) is 23.4. The average Bonchev–Trinajstić information content (AvgIpc) is 2.38. The Morgan fingerprint density at radius 3 is 2.79 bits per heavy atom. The monoisotopic (exact) mass is 284 g/mol. The second-order valence-corrected chi connectivity index (χ2v) is 4.45. The number of rotatable bonds is 5. The van der Waals surface area contributed by atoms with Crippen LogP contribution in [0.1, 0.15) is 30.6 Å². The van der Waals surface area contributed by atoms with Crippen LogP contribution in [-0.2, 0) is 9.53 Å². The van der Waals surface area contributed by atoms with E-state index in [2.05, 4.69) is 5.32 Å². The van der Waals surface area contributed by atoms with Crippen LogP contribution in [0.5, 0.6) is 0 Å². The van der Waals surface area contributed by atoms with Crippen molar-refractivity contribution < 1.29 is 14.3 Å². The number of nitrogens with two attached hydrogens (primary N) is 1. The molecule has 5 nitrogen and oxygen atoms in total. The SMILES string of the molecule is CCCNC(=O)C(C)OC(=O)c1cccc(Cl)c1N. The molecule has 1 rings (SSSR count). The largest absolute Gasteiger partial charge is 0.449 e. The maximum atomic E-state index is 11.9. The number of carbonyl (C=O) groups is 2. The van der Waals surface area contributed by atoms with E-state index in [0.29, 0.717) is 6.54 Å². The highest BCUT2D eigenvalue weighted by Gasteiger charge is 2.20. The number of para-hydroxylation sites is 1. The third-order valence-electron chi connectivity index (χ3n) is 2.48. The minimum atomic E-state index is -0.877. The lowest BCUT2D eigenvalue weighted by Crippen LogP contribution is -2.36. The first-order valence-corrected chi connectivity index (χ1v) is 6.37. The second kappa shape index (κ2) is 6.99. The molecule has 3 N–H and O–H groups in total. The van der Waals surface area contributed by atoms with Crippen LogP contribution in [0.3, 0.4) is 0 Å². The fourth-order valence-corrected chi connectivity index (χ4v) is 1.56. The van der Waals surface area contributed by atoms with E-state index in [9.17, 15) is 9.59 Å². The van der Waals surface area contributed by atoms with Crippen molar-refractivity contribution in [2.75, 3.05) is 12.3 Å². The smallest absolute Gasteiger partial charge is 0.341 e. The Morgan fingerprint density at radius 2 is 2.16 bits per heavy atom. The molecule has 0 heterocycles. The first-order valence-electron chi connectivity index (χ1n) is 6.00. The summed E-state index contributed by atoms with van der Waals surface area (Å²) < 4.78 is 5.04. The molecule has 1 aromatic carbocycles. The van der Waals surface area contributed by atoms with Crippen LogP contribution in [0.2, 0.25) is 5.02 Å². The lowest BCUT2D eigenvalue weighted by atomic mass is 10.2. The predicted molar refractivity (Wildman–Crippen MR) is 74.0 cm³/mol. The molecule has 0 radical (unpaired) electrons. The van der Waals surface area contributed by atoms with Gasteiger partial charge in [-0.25, -0.2) is 4.79 Å². The van der Waals surface area contributed by atoms with Crippen molar-refractivity contribution in [3.8, 4) is 0 Å². The Labute approximate surface area is 117 Å². The predicted octanol–water partition coefficient (Wildman–Crippen LogP) is 1.99. The molecular weight excluding hydrogens is 268 g/mol. The number of halogens is 1. The van der Waals surface area contributed by atoms with Gasteiger partial charge in [-0.1, -0.05) is 24.6 Å². The highest BCUT2D eigenvalue weighted by molar-refractivity contribution is 6.33. The summed E-state index contributed by atoms with van der Waals surface area (Å²) in [5.41, 5.74) is 5.99. The zero-order valence-corrected chi connectivity index (χ0v) is 11.7. The van der Waals surface area contributed by atoms with Gasteiger partial charge in [-0.05, 0) is 25.5 Å². The van der Waals surface area contributed by atoms with E-state index < -0.39 is 12.1 Å². The topological polar surface area (TPSA) is 81.4 Å². The summed E-state index contributed by atoms with van der Waals surface area (Å²) in [6, 6.07) is 4.67. The van der Waals surface area contributed by atoms with Gasteiger partial charge in [0.2, 0.25) is 0 Å². The summed E-state index contributed by atoms with van der Waals surface area (Å²) in [5.74, 6) is -1.00. The fourth-order valence-electron chi connectivity index (χ4n) is 1.38. The first kappa shape index (κ1) is 15.3. The van der Waals surface area contributed by atoms with Crippen LogP contribution in [0.4, 0.5) is 5.69 Å². The van der Waals surface area contributed by atoms with Gasteiger partial charge in [0.1, 0.15) is 0 Å². The van der Waals surface area contributed by atoms with Gasteiger partial charge in [0.05, 0.1) is 16.3 Å². The number of hydrogen-bond acceptors (Lipinski definition) is 4. The van der Waals surface area contributed by atoms with Gasteiger partial charge in [-0.15, -0.1) is 0 Å². The maximum absolute atomic E-state index is 11.9. The van der Waals surface area contributed by atoms with Crippen molar-refractivity contribution in [2.45, 2.75) is 26.4 Å². The van der Waals surface area contributed by atoms with E-state index in [0.717, 1.165) is 6.42 Å². The van der Waals surface area contributed by atoms with Crippen LogP contribution in [0, 0.1) is 0 Å². The minimum absolute atomic E-state index is 0.148. The van der Waals surface area contributed by atoms with Crippen molar-refractivity contribution in [1.82, 2.24) is 5.32 Å². The first-order chi connectivity index (χ1) is 8.97. The Hall–Kier alpha value is -1.75. The maximum Gasteiger partial charge on any atom is 0.341 e. The molecule has 1 amide bonds.